The zero-order chi connectivity index (χ0) is 20.4. The van der Waals surface area contributed by atoms with Crippen LogP contribution in [0.5, 0.6) is 11.5 Å². The van der Waals surface area contributed by atoms with Gasteiger partial charge in [-0.2, -0.15) is 0 Å². The van der Waals surface area contributed by atoms with E-state index in [2.05, 4.69) is 19.2 Å². The number of fused-ring (bicyclic) bond motifs is 1. The lowest BCUT2D eigenvalue weighted by Gasteiger charge is -2.12. The Hall–Kier alpha value is -2.54. The second kappa shape index (κ2) is 11.2. The number of pyridine rings is 1. The van der Waals surface area contributed by atoms with E-state index >= 15 is 0 Å². The molecule has 0 atom stereocenters. The Labute approximate surface area is 159 Å². The first kappa shape index (κ1) is 22.5. The molecule has 1 aromatic heterocycles. The van der Waals surface area contributed by atoms with Gasteiger partial charge in [0.2, 0.25) is 0 Å². The number of aromatic carboxylic acids is 1. The molecule has 7 nitrogen and oxygen atoms in total. The highest BCUT2D eigenvalue weighted by Gasteiger charge is 2.17. The first-order valence-electron chi connectivity index (χ1n) is 9.18. The van der Waals surface area contributed by atoms with Gasteiger partial charge in [-0.3, -0.25) is 4.79 Å². The summed E-state index contributed by atoms with van der Waals surface area (Å²) >= 11 is 0. The second-order valence-corrected chi connectivity index (χ2v) is 5.90. The predicted molar refractivity (Wildman–Crippen MR) is 107 cm³/mol. The third kappa shape index (κ3) is 5.72. The van der Waals surface area contributed by atoms with E-state index in [1.54, 1.807) is 6.92 Å². The van der Waals surface area contributed by atoms with Crippen LogP contribution in [0.15, 0.2) is 23.1 Å². The molecule has 2 N–H and O–H groups in total. The maximum Gasteiger partial charge on any atom is 0.337 e. The van der Waals surface area contributed by atoms with Crippen molar-refractivity contribution in [1.29, 1.82) is 0 Å². The number of nitrogens with zero attached hydrogens (tertiary/aromatic N) is 1. The summed E-state index contributed by atoms with van der Waals surface area (Å²) in [5.41, 5.74) is -0.198. The van der Waals surface area contributed by atoms with Crippen LogP contribution in [0.4, 0.5) is 0 Å². The quantitative estimate of drug-likeness (QED) is 0.686. The SMILES string of the molecule is CCCCNCC.CCn1cc(C(=O)O)c2cc(OC)c(OC)cc2c1=O. The van der Waals surface area contributed by atoms with Crippen molar-refractivity contribution in [2.24, 2.45) is 0 Å². The number of methoxy groups -OCH3 is 2. The zero-order valence-corrected chi connectivity index (χ0v) is 16.8. The number of aryl methyl sites for hydroxylation is 1. The minimum atomic E-state index is -1.09. The molecule has 0 spiro atoms. The van der Waals surface area contributed by atoms with Crippen molar-refractivity contribution in [3.8, 4) is 11.5 Å². The van der Waals surface area contributed by atoms with Crippen LogP contribution in [-0.4, -0.2) is 43.0 Å². The normalized spacial score (nSPS) is 10.3. The summed E-state index contributed by atoms with van der Waals surface area (Å²) in [6, 6.07) is 3.02. The summed E-state index contributed by atoms with van der Waals surface area (Å²) < 4.78 is 11.7. The van der Waals surface area contributed by atoms with E-state index < -0.39 is 5.97 Å². The molecule has 0 radical (unpaired) electrons. The fourth-order valence-corrected chi connectivity index (χ4v) is 2.60. The molecule has 0 amide bonds. The number of rotatable bonds is 8. The van der Waals surface area contributed by atoms with Gasteiger partial charge in [0.1, 0.15) is 0 Å². The predicted octanol–water partition coefficient (Wildman–Crippen LogP) is 3.13. The standard InChI is InChI=1S/C14H15NO5.C6H15N/c1-4-15-7-10(14(17)18)8-5-11(19-2)12(20-3)6-9(8)13(15)16;1-3-5-6-7-4-2/h5-7H,4H2,1-3H3,(H,17,18);7H,3-6H2,1-2H3. The molecule has 0 saturated carbocycles. The van der Waals surface area contributed by atoms with Gasteiger partial charge in [0.15, 0.2) is 11.5 Å². The summed E-state index contributed by atoms with van der Waals surface area (Å²) in [7, 11) is 2.92. The summed E-state index contributed by atoms with van der Waals surface area (Å²) in [6.45, 7) is 8.81. The molecule has 0 unspecified atom stereocenters. The van der Waals surface area contributed by atoms with Crippen molar-refractivity contribution in [1.82, 2.24) is 9.88 Å². The van der Waals surface area contributed by atoms with E-state index in [0.717, 1.165) is 6.54 Å². The van der Waals surface area contributed by atoms with Crippen LogP contribution >= 0.6 is 0 Å². The second-order valence-electron chi connectivity index (χ2n) is 5.90. The third-order valence-corrected chi connectivity index (χ3v) is 4.12. The Kier molecular flexibility index (Phi) is 9.36. The van der Waals surface area contributed by atoms with Crippen molar-refractivity contribution in [2.75, 3.05) is 27.3 Å². The molecule has 0 aliphatic heterocycles. The number of nitrogens with one attached hydrogen (secondary N) is 1. The fourth-order valence-electron chi connectivity index (χ4n) is 2.60. The van der Waals surface area contributed by atoms with E-state index in [9.17, 15) is 14.7 Å². The Balaban J connectivity index is 0.000000445. The fraction of sp³-hybridized carbons (Fsp3) is 0.500. The smallest absolute Gasteiger partial charge is 0.337 e. The first-order valence-corrected chi connectivity index (χ1v) is 9.18. The van der Waals surface area contributed by atoms with Crippen molar-refractivity contribution in [3.05, 3.63) is 34.2 Å². The molecule has 150 valence electrons. The number of hydrogen-bond acceptors (Lipinski definition) is 5. The van der Waals surface area contributed by atoms with Crippen LogP contribution in [0.2, 0.25) is 0 Å². The minimum absolute atomic E-state index is 0.0578. The van der Waals surface area contributed by atoms with Crippen molar-refractivity contribution < 1.29 is 19.4 Å². The molecule has 1 heterocycles. The number of aromatic nitrogens is 1. The number of ether oxygens (including phenoxy) is 2. The molecule has 0 bridgehead atoms. The molecule has 27 heavy (non-hydrogen) atoms. The van der Waals surface area contributed by atoms with Gasteiger partial charge in [0, 0.05) is 18.1 Å². The summed E-state index contributed by atoms with van der Waals surface area (Å²) in [4.78, 5) is 23.6. The average Bonchev–Trinajstić information content (AvgIpc) is 2.68. The van der Waals surface area contributed by atoms with Crippen LogP contribution in [-0.2, 0) is 6.54 Å². The van der Waals surface area contributed by atoms with E-state index in [1.165, 1.54) is 56.5 Å². The molecule has 2 rings (SSSR count). The highest BCUT2D eigenvalue weighted by Crippen LogP contribution is 2.32. The number of carboxylic acids is 1. The third-order valence-electron chi connectivity index (χ3n) is 4.12. The molecule has 2 aromatic rings. The molecule has 0 aliphatic rings. The maximum absolute atomic E-state index is 12.3. The largest absolute Gasteiger partial charge is 0.493 e. The van der Waals surface area contributed by atoms with E-state index in [-0.39, 0.29) is 11.1 Å². The molecular formula is C20H30N2O5. The highest BCUT2D eigenvalue weighted by atomic mass is 16.5. The minimum Gasteiger partial charge on any atom is -0.493 e. The van der Waals surface area contributed by atoms with Gasteiger partial charge in [0.25, 0.3) is 5.56 Å². The lowest BCUT2D eigenvalue weighted by molar-refractivity contribution is 0.0698. The molecule has 0 saturated heterocycles. The lowest BCUT2D eigenvalue weighted by atomic mass is 10.1. The number of unbranched alkanes of at least 4 members (excludes halogenated alkanes) is 1. The monoisotopic (exact) mass is 378 g/mol. The van der Waals surface area contributed by atoms with Crippen LogP contribution in [0.1, 0.15) is 44.0 Å². The average molecular weight is 378 g/mol. The Morgan fingerprint density at radius 2 is 1.70 bits per heavy atom. The summed E-state index contributed by atoms with van der Waals surface area (Å²) in [6.07, 6.45) is 3.96. The molecule has 0 fully saturated rings. The Morgan fingerprint density at radius 3 is 2.15 bits per heavy atom. The zero-order valence-electron chi connectivity index (χ0n) is 16.8. The number of benzene rings is 1. The van der Waals surface area contributed by atoms with Crippen LogP contribution in [0.25, 0.3) is 10.8 Å². The Morgan fingerprint density at radius 1 is 1.11 bits per heavy atom. The van der Waals surface area contributed by atoms with Gasteiger partial charge in [-0.25, -0.2) is 4.79 Å². The van der Waals surface area contributed by atoms with Crippen molar-refractivity contribution in [2.45, 2.75) is 40.2 Å². The molecule has 7 heteroatoms. The van der Waals surface area contributed by atoms with Gasteiger partial charge < -0.3 is 24.5 Å². The van der Waals surface area contributed by atoms with Gasteiger partial charge >= 0.3 is 5.97 Å². The van der Waals surface area contributed by atoms with Gasteiger partial charge in [-0.1, -0.05) is 20.3 Å². The maximum atomic E-state index is 12.3. The Bertz CT molecular complexity index is 810. The van der Waals surface area contributed by atoms with Gasteiger partial charge in [-0.05, 0) is 38.6 Å². The van der Waals surface area contributed by atoms with E-state index in [1.807, 2.05) is 0 Å². The van der Waals surface area contributed by atoms with E-state index in [0.29, 0.717) is 28.8 Å². The van der Waals surface area contributed by atoms with Crippen molar-refractivity contribution >= 4 is 16.7 Å². The van der Waals surface area contributed by atoms with Gasteiger partial charge in [-0.15, -0.1) is 0 Å². The van der Waals surface area contributed by atoms with E-state index in [4.69, 9.17) is 9.47 Å². The topological polar surface area (TPSA) is 89.8 Å². The van der Waals surface area contributed by atoms with Crippen molar-refractivity contribution in [3.63, 3.8) is 0 Å². The van der Waals surface area contributed by atoms with Crippen LogP contribution in [0.3, 0.4) is 0 Å². The number of hydrogen-bond donors (Lipinski definition) is 2. The molecule has 0 aliphatic carbocycles. The lowest BCUT2D eigenvalue weighted by Crippen LogP contribution is -2.21. The molecular weight excluding hydrogens is 348 g/mol. The van der Waals surface area contributed by atoms with Crippen LogP contribution in [0, 0.1) is 0 Å². The van der Waals surface area contributed by atoms with Gasteiger partial charge in [0.05, 0.1) is 25.2 Å². The van der Waals surface area contributed by atoms with Crippen LogP contribution < -0.4 is 20.3 Å². The highest BCUT2D eigenvalue weighted by molar-refractivity contribution is 6.04. The summed E-state index contributed by atoms with van der Waals surface area (Å²) in [5.74, 6) is -0.317. The summed E-state index contributed by atoms with van der Waals surface area (Å²) in [5, 5.41) is 13.2. The number of carbonyl (C=O) groups is 1. The molecule has 1 aromatic carbocycles. The number of carboxylic acid groups (broad SMARTS) is 1. The first-order chi connectivity index (χ1) is 12.9.